The van der Waals surface area contributed by atoms with Gasteiger partial charge < -0.3 is 9.84 Å². The molecule has 0 heterocycles. The van der Waals surface area contributed by atoms with Crippen LogP contribution in [0.15, 0.2) is 60.2 Å². The van der Waals surface area contributed by atoms with Gasteiger partial charge in [-0.15, -0.1) is 0 Å². The minimum absolute atomic E-state index is 0.0330. The molecule has 0 spiro atoms. The molecule has 0 unspecified atom stereocenters. The minimum Gasteiger partial charge on any atom is -0.491 e. The Morgan fingerprint density at radius 3 is 1.96 bits per heavy atom. The maximum Gasteiger partial charge on any atom is 0.119 e. The smallest absolute Gasteiger partial charge is 0.119 e. The van der Waals surface area contributed by atoms with E-state index >= 15 is 0 Å². The Hall–Kier alpha value is -2.06. The molecule has 1 aliphatic carbocycles. The van der Waals surface area contributed by atoms with E-state index in [2.05, 4.69) is 70.2 Å². The van der Waals surface area contributed by atoms with Crippen LogP contribution in [0.5, 0.6) is 5.75 Å². The zero-order valence-electron chi connectivity index (χ0n) is 17.1. The van der Waals surface area contributed by atoms with Crippen molar-refractivity contribution < 1.29 is 9.84 Å². The van der Waals surface area contributed by atoms with Crippen molar-refractivity contribution in [3.63, 3.8) is 0 Å². The second-order valence-corrected chi connectivity index (χ2v) is 9.30. The standard InChI is InChI=1S/C25H32O2/c1-24(2)16-21(17-25(3,4)18-24)23(19-8-6-5-7-9-19)20-10-12-22(13-11-20)27-15-14-26/h5-13,26H,14-18H2,1-4H3. The van der Waals surface area contributed by atoms with Gasteiger partial charge in [-0.25, -0.2) is 0 Å². The zero-order valence-corrected chi connectivity index (χ0v) is 17.1. The van der Waals surface area contributed by atoms with E-state index in [1.807, 2.05) is 12.1 Å². The number of hydrogen-bond acceptors (Lipinski definition) is 2. The first-order valence-electron chi connectivity index (χ1n) is 9.91. The van der Waals surface area contributed by atoms with Gasteiger partial charge in [0.2, 0.25) is 0 Å². The van der Waals surface area contributed by atoms with Gasteiger partial charge in [-0.2, -0.15) is 0 Å². The molecule has 2 aromatic carbocycles. The van der Waals surface area contributed by atoms with Gasteiger partial charge in [-0.1, -0.05) is 75.7 Å². The number of rotatable bonds is 5. The van der Waals surface area contributed by atoms with E-state index in [1.165, 1.54) is 23.1 Å². The summed E-state index contributed by atoms with van der Waals surface area (Å²) in [7, 11) is 0. The molecule has 1 saturated carbocycles. The van der Waals surface area contributed by atoms with Crippen molar-refractivity contribution in [2.45, 2.75) is 47.0 Å². The van der Waals surface area contributed by atoms with Gasteiger partial charge in [-0.05, 0) is 58.9 Å². The first kappa shape index (κ1) is 19.7. The maximum atomic E-state index is 8.95. The third-order valence-corrected chi connectivity index (χ3v) is 5.26. The molecule has 0 aromatic heterocycles. The Morgan fingerprint density at radius 2 is 1.41 bits per heavy atom. The monoisotopic (exact) mass is 364 g/mol. The second-order valence-electron chi connectivity index (χ2n) is 9.30. The fraction of sp³-hybridized carbons (Fsp3) is 0.440. The third-order valence-electron chi connectivity index (χ3n) is 5.26. The van der Waals surface area contributed by atoms with Crippen molar-refractivity contribution in [3.8, 4) is 5.75 Å². The van der Waals surface area contributed by atoms with Crippen LogP contribution >= 0.6 is 0 Å². The summed E-state index contributed by atoms with van der Waals surface area (Å²) in [6.07, 6.45) is 3.51. The predicted molar refractivity (Wildman–Crippen MR) is 113 cm³/mol. The molecule has 144 valence electrons. The van der Waals surface area contributed by atoms with E-state index < -0.39 is 0 Å². The van der Waals surface area contributed by atoms with Gasteiger partial charge in [0.25, 0.3) is 0 Å². The summed E-state index contributed by atoms with van der Waals surface area (Å²) < 4.78 is 5.54. The van der Waals surface area contributed by atoms with Crippen LogP contribution in [-0.4, -0.2) is 18.3 Å². The fourth-order valence-electron chi connectivity index (χ4n) is 4.88. The highest BCUT2D eigenvalue weighted by Gasteiger charge is 2.37. The van der Waals surface area contributed by atoms with Crippen LogP contribution in [0.25, 0.3) is 5.57 Å². The molecule has 0 bridgehead atoms. The van der Waals surface area contributed by atoms with E-state index in [1.54, 1.807) is 5.57 Å². The van der Waals surface area contributed by atoms with Crippen LogP contribution in [-0.2, 0) is 0 Å². The lowest BCUT2D eigenvalue weighted by Crippen LogP contribution is -2.30. The topological polar surface area (TPSA) is 29.5 Å². The van der Waals surface area contributed by atoms with Gasteiger partial charge in [0.15, 0.2) is 0 Å². The molecule has 0 atom stereocenters. The molecule has 0 aliphatic heterocycles. The number of benzene rings is 2. The van der Waals surface area contributed by atoms with Gasteiger partial charge >= 0.3 is 0 Å². The largest absolute Gasteiger partial charge is 0.491 e. The molecule has 0 saturated heterocycles. The number of hydrogen-bond donors (Lipinski definition) is 1. The molecular weight excluding hydrogens is 332 g/mol. The molecule has 1 N–H and O–H groups in total. The third kappa shape index (κ3) is 5.01. The molecule has 0 amide bonds. The first-order valence-corrected chi connectivity index (χ1v) is 9.91. The van der Waals surface area contributed by atoms with Crippen LogP contribution in [0.1, 0.15) is 58.1 Å². The second kappa shape index (κ2) is 7.90. The number of aliphatic hydroxyl groups is 1. The Kier molecular flexibility index (Phi) is 5.76. The highest BCUT2D eigenvalue weighted by molar-refractivity contribution is 5.82. The van der Waals surface area contributed by atoms with Crippen molar-refractivity contribution in [3.05, 3.63) is 71.3 Å². The van der Waals surface area contributed by atoms with Gasteiger partial charge in [0.05, 0.1) is 6.61 Å². The van der Waals surface area contributed by atoms with Crippen molar-refractivity contribution in [1.82, 2.24) is 0 Å². The molecule has 27 heavy (non-hydrogen) atoms. The molecule has 0 radical (unpaired) electrons. The summed E-state index contributed by atoms with van der Waals surface area (Å²) in [6.45, 7) is 9.93. The van der Waals surface area contributed by atoms with E-state index in [9.17, 15) is 0 Å². The van der Waals surface area contributed by atoms with Gasteiger partial charge in [0, 0.05) is 0 Å². The average molecular weight is 365 g/mol. The first-order chi connectivity index (χ1) is 12.8. The molecule has 1 aliphatic rings. The maximum absolute atomic E-state index is 8.95. The SMILES string of the molecule is CC1(C)CC(=C(c2ccccc2)c2ccc(OCCO)cc2)CC(C)(C)C1. The minimum atomic E-state index is 0.0330. The van der Waals surface area contributed by atoms with Crippen molar-refractivity contribution in [1.29, 1.82) is 0 Å². The summed E-state index contributed by atoms with van der Waals surface area (Å²) in [6, 6.07) is 19.1. The number of allylic oxidation sites excluding steroid dienone is 1. The normalized spacial score (nSPS) is 18.2. The Bertz CT molecular complexity index is 765. The summed E-state index contributed by atoms with van der Waals surface area (Å²) >= 11 is 0. The molecule has 3 rings (SSSR count). The van der Waals surface area contributed by atoms with E-state index in [0.717, 1.165) is 18.6 Å². The Labute approximate surface area is 163 Å². The number of ether oxygens (including phenoxy) is 1. The van der Waals surface area contributed by atoms with Crippen LogP contribution in [0.2, 0.25) is 0 Å². The van der Waals surface area contributed by atoms with E-state index in [0.29, 0.717) is 17.4 Å². The van der Waals surface area contributed by atoms with Crippen LogP contribution in [0.4, 0.5) is 0 Å². The highest BCUT2D eigenvalue weighted by Crippen LogP contribution is 2.50. The lowest BCUT2D eigenvalue weighted by molar-refractivity contribution is 0.154. The Morgan fingerprint density at radius 1 is 0.852 bits per heavy atom. The van der Waals surface area contributed by atoms with Gasteiger partial charge in [0.1, 0.15) is 12.4 Å². The van der Waals surface area contributed by atoms with E-state index in [4.69, 9.17) is 9.84 Å². The van der Waals surface area contributed by atoms with Crippen LogP contribution in [0, 0.1) is 10.8 Å². The molecule has 2 nitrogen and oxygen atoms in total. The summed E-state index contributed by atoms with van der Waals surface area (Å²) in [5.41, 5.74) is 6.05. The van der Waals surface area contributed by atoms with Crippen molar-refractivity contribution in [2.75, 3.05) is 13.2 Å². The average Bonchev–Trinajstić information content (AvgIpc) is 2.59. The van der Waals surface area contributed by atoms with Crippen molar-refractivity contribution in [2.24, 2.45) is 10.8 Å². The molecule has 2 aromatic rings. The lowest BCUT2D eigenvalue weighted by Gasteiger charge is -2.43. The zero-order chi connectivity index (χ0) is 19.5. The fourth-order valence-corrected chi connectivity index (χ4v) is 4.88. The molecular formula is C25H32O2. The highest BCUT2D eigenvalue weighted by atomic mass is 16.5. The summed E-state index contributed by atoms with van der Waals surface area (Å²) in [5, 5.41) is 8.95. The quantitative estimate of drug-likeness (QED) is 0.695. The van der Waals surface area contributed by atoms with Crippen LogP contribution < -0.4 is 4.74 Å². The summed E-state index contributed by atoms with van der Waals surface area (Å²) in [4.78, 5) is 0. The predicted octanol–water partition coefficient (Wildman–Crippen LogP) is 6.10. The number of aliphatic hydroxyl groups excluding tert-OH is 1. The molecule has 2 heteroatoms. The lowest BCUT2D eigenvalue weighted by atomic mass is 9.62. The van der Waals surface area contributed by atoms with Gasteiger partial charge in [-0.3, -0.25) is 0 Å². The molecule has 1 fully saturated rings. The Balaban J connectivity index is 2.07. The summed E-state index contributed by atoms with van der Waals surface area (Å²) in [5.74, 6) is 0.800. The van der Waals surface area contributed by atoms with Crippen LogP contribution in [0.3, 0.4) is 0 Å². The van der Waals surface area contributed by atoms with E-state index in [-0.39, 0.29) is 6.61 Å². The van der Waals surface area contributed by atoms with Crippen molar-refractivity contribution >= 4 is 5.57 Å².